The van der Waals surface area contributed by atoms with Gasteiger partial charge in [0.25, 0.3) is 6.43 Å². The summed E-state index contributed by atoms with van der Waals surface area (Å²) in [7, 11) is 1.58. The third-order valence-electron chi connectivity index (χ3n) is 1.95. The fourth-order valence-corrected chi connectivity index (χ4v) is 1.36. The van der Waals surface area contributed by atoms with Crippen LogP contribution in [0.3, 0.4) is 0 Å². The first-order chi connectivity index (χ1) is 6.73. The summed E-state index contributed by atoms with van der Waals surface area (Å²) in [6.07, 6.45) is -2.36. The minimum absolute atomic E-state index is 0.233. The van der Waals surface area contributed by atoms with Crippen LogP contribution in [0.2, 0.25) is 0 Å². The van der Waals surface area contributed by atoms with Crippen LogP contribution in [0.5, 0.6) is 0 Å². The zero-order chi connectivity index (χ0) is 12.1. The third kappa shape index (κ3) is 8.72. The van der Waals surface area contributed by atoms with Crippen molar-refractivity contribution in [2.75, 3.05) is 26.7 Å². The lowest BCUT2D eigenvalue weighted by molar-refractivity contribution is 0.00850. The number of hydrogen-bond acceptors (Lipinski definition) is 3. The number of halogens is 2. The second kappa shape index (κ2) is 6.35. The number of nitrogens with zero attached hydrogens (tertiary/aromatic N) is 1. The largest absolute Gasteiger partial charge is 0.388 e. The molecule has 0 aliphatic rings. The van der Waals surface area contributed by atoms with Crippen molar-refractivity contribution < 1.29 is 13.9 Å². The molecule has 0 heterocycles. The zero-order valence-electron chi connectivity index (χ0n) is 9.93. The molecule has 0 radical (unpaired) electrons. The number of rotatable bonds is 7. The van der Waals surface area contributed by atoms with Gasteiger partial charge in [-0.05, 0) is 14.0 Å². The summed E-state index contributed by atoms with van der Waals surface area (Å²) in [6.45, 7) is 5.91. The summed E-state index contributed by atoms with van der Waals surface area (Å²) >= 11 is 0. The number of nitrogens with one attached hydrogen (secondary N) is 1. The van der Waals surface area contributed by atoms with Crippen LogP contribution in [0.25, 0.3) is 0 Å². The van der Waals surface area contributed by atoms with Crippen molar-refractivity contribution in [1.82, 2.24) is 10.2 Å². The van der Waals surface area contributed by atoms with E-state index in [4.69, 9.17) is 0 Å². The van der Waals surface area contributed by atoms with E-state index in [0.29, 0.717) is 6.54 Å². The van der Waals surface area contributed by atoms with Gasteiger partial charge in [0.05, 0.1) is 12.1 Å². The van der Waals surface area contributed by atoms with E-state index in [2.05, 4.69) is 5.32 Å². The predicted octanol–water partition coefficient (Wildman–Crippen LogP) is 0.932. The quantitative estimate of drug-likeness (QED) is 0.675. The monoisotopic (exact) mass is 224 g/mol. The van der Waals surface area contributed by atoms with Crippen molar-refractivity contribution in [2.24, 2.45) is 0 Å². The maximum atomic E-state index is 12.0. The van der Waals surface area contributed by atoms with Gasteiger partial charge in [-0.1, -0.05) is 13.8 Å². The van der Waals surface area contributed by atoms with Crippen molar-refractivity contribution in [3.63, 3.8) is 0 Å². The SMILES string of the molecule is CC(C)NCC(C)(O)CN(C)CC(F)F. The van der Waals surface area contributed by atoms with Crippen molar-refractivity contribution in [3.05, 3.63) is 0 Å². The molecule has 0 fully saturated rings. The summed E-state index contributed by atoms with van der Waals surface area (Å²) in [5, 5.41) is 13.0. The highest BCUT2D eigenvalue weighted by Gasteiger charge is 2.23. The van der Waals surface area contributed by atoms with Gasteiger partial charge in [-0.15, -0.1) is 0 Å². The molecule has 0 aromatic heterocycles. The van der Waals surface area contributed by atoms with Gasteiger partial charge in [0.1, 0.15) is 0 Å². The van der Waals surface area contributed by atoms with Gasteiger partial charge in [-0.25, -0.2) is 8.78 Å². The summed E-state index contributed by atoms with van der Waals surface area (Å²) in [6, 6.07) is 0.275. The van der Waals surface area contributed by atoms with Crippen LogP contribution in [-0.4, -0.2) is 54.8 Å². The van der Waals surface area contributed by atoms with E-state index in [-0.39, 0.29) is 19.1 Å². The molecule has 3 nitrogen and oxygen atoms in total. The summed E-state index contributed by atoms with van der Waals surface area (Å²) in [5.74, 6) is 0. The molecule has 0 rings (SSSR count). The topological polar surface area (TPSA) is 35.5 Å². The lowest BCUT2D eigenvalue weighted by atomic mass is 10.1. The van der Waals surface area contributed by atoms with Gasteiger partial charge in [-0.3, -0.25) is 4.90 Å². The smallest absolute Gasteiger partial charge is 0.251 e. The molecule has 15 heavy (non-hydrogen) atoms. The Labute approximate surface area is 90.5 Å². The van der Waals surface area contributed by atoms with E-state index in [9.17, 15) is 13.9 Å². The number of alkyl halides is 2. The Bertz CT molecular complexity index is 175. The molecule has 0 saturated carbocycles. The Balaban J connectivity index is 3.90. The average molecular weight is 224 g/mol. The van der Waals surface area contributed by atoms with Crippen LogP contribution in [0.15, 0.2) is 0 Å². The first-order valence-electron chi connectivity index (χ1n) is 5.15. The van der Waals surface area contributed by atoms with Crippen LogP contribution < -0.4 is 5.32 Å². The normalized spacial score (nSPS) is 16.4. The second-order valence-electron chi connectivity index (χ2n) is 4.62. The summed E-state index contributed by atoms with van der Waals surface area (Å²) < 4.78 is 24.1. The fourth-order valence-electron chi connectivity index (χ4n) is 1.36. The molecule has 5 heteroatoms. The second-order valence-corrected chi connectivity index (χ2v) is 4.62. The molecule has 0 saturated heterocycles. The molecule has 0 aromatic carbocycles. The van der Waals surface area contributed by atoms with E-state index in [0.717, 1.165) is 0 Å². The molecule has 0 bridgehead atoms. The molecule has 0 spiro atoms. The van der Waals surface area contributed by atoms with Gasteiger partial charge in [-0.2, -0.15) is 0 Å². The molecule has 1 atom stereocenters. The van der Waals surface area contributed by atoms with Crippen LogP contribution in [-0.2, 0) is 0 Å². The van der Waals surface area contributed by atoms with E-state index in [1.807, 2.05) is 13.8 Å². The summed E-state index contributed by atoms with van der Waals surface area (Å²) in [4.78, 5) is 1.44. The van der Waals surface area contributed by atoms with Crippen molar-refractivity contribution in [1.29, 1.82) is 0 Å². The van der Waals surface area contributed by atoms with Gasteiger partial charge in [0.2, 0.25) is 0 Å². The predicted molar refractivity (Wildman–Crippen MR) is 57.3 cm³/mol. The molecule has 92 valence electrons. The molecular weight excluding hydrogens is 202 g/mol. The van der Waals surface area contributed by atoms with E-state index < -0.39 is 12.0 Å². The average Bonchev–Trinajstić information content (AvgIpc) is 1.98. The lowest BCUT2D eigenvalue weighted by Crippen LogP contribution is -2.48. The van der Waals surface area contributed by atoms with Crippen LogP contribution in [0, 0.1) is 0 Å². The maximum Gasteiger partial charge on any atom is 0.251 e. The third-order valence-corrected chi connectivity index (χ3v) is 1.95. The first-order valence-corrected chi connectivity index (χ1v) is 5.15. The minimum Gasteiger partial charge on any atom is -0.388 e. The lowest BCUT2D eigenvalue weighted by Gasteiger charge is -2.29. The Kier molecular flexibility index (Phi) is 6.24. The zero-order valence-corrected chi connectivity index (χ0v) is 9.93. The Morgan fingerprint density at radius 2 is 1.93 bits per heavy atom. The standard InChI is InChI=1S/C10H22F2N2O/c1-8(2)13-6-10(3,15)7-14(4)5-9(11)12/h8-9,13,15H,5-7H2,1-4H3. The highest BCUT2D eigenvalue weighted by atomic mass is 19.3. The Morgan fingerprint density at radius 1 is 1.40 bits per heavy atom. The molecule has 2 N–H and O–H groups in total. The van der Waals surface area contributed by atoms with Crippen molar-refractivity contribution in [2.45, 2.75) is 38.8 Å². The molecule has 0 aliphatic carbocycles. The number of hydrogen-bond donors (Lipinski definition) is 2. The van der Waals surface area contributed by atoms with Gasteiger partial charge in [0, 0.05) is 19.1 Å². The first kappa shape index (κ1) is 14.7. The summed E-state index contributed by atoms with van der Waals surface area (Å²) in [5.41, 5.74) is -0.978. The van der Waals surface area contributed by atoms with Gasteiger partial charge in [0.15, 0.2) is 0 Å². The van der Waals surface area contributed by atoms with E-state index in [1.54, 1.807) is 14.0 Å². The van der Waals surface area contributed by atoms with Crippen LogP contribution >= 0.6 is 0 Å². The Morgan fingerprint density at radius 3 is 2.33 bits per heavy atom. The number of aliphatic hydroxyl groups is 1. The van der Waals surface area contributed by atoms with E-state index in [1.165, 1.54) is 4.90 Å². The highest BCUT2D eigenvalue weighted by molar-refractivity contribution is 4.79. The minimum atomic E-state index is -2.36. The van der Waals surface area contributed by atoms with E-state index >= 15 is 0 Å². The van der Waals surface area contributed by atoms with Gasteiger partial charge < -0.3 is 10.4 Å². The molecule has 0 aromatic rings. The number of likely N-dealkylation sites (N-methyl/N-ethyl adjacent to an activating group) is 1. The Hall–Kier alpha value is -0.260. The van der Waals surface area contributed by atoms with Crippen molar-refractivity contribution >= 4 is 0 Å². The highest BCUT2D eigenvalue weighted by Crippen LogP contribution is 2.06. The fraction of sp³-hybridized carbons (Fsp3) is 1.00. The maximum absolute atomic E-state index is 12.0. The van der Waals surface area contributed by atoms with Crippen LogP contribution in [0.1, 0.15) is 20.8 Å². The van der Waals surface area contributed by atoms with Crippen LogP contribution in [0.4, 0.5) is 8.78 Å². The molecule has 0 amide bonds. The van der Waals surface area contributed by atoms with Crippen molar-refractivity contribution in [3.8, 4) is 0 Å². The molecular formula is C10H22F2N2O. The van der Waals surface area contributed by atoms with Gasteiger partial charge >= 0.3 is 0 Å². The molecule has 0 aliphatic heterocycles. The molecule has 1 unspecified atom stereocenters.